The van der Waals surface area contributed by atoms with Crippen LogP contribution in [0, 0.1) is 18.7 Å². The summed E-state index contributed by atoms with van der Waals surface area (Å²) in [5, 5.41) is 9.22. The highest BCUT2D eigenvalue weighted by molar-refractivity contribution is 7.10. The molecule has 2 aliphatic heterocycles. The molecule has 6 heterocycles. The van der Waals surface area contributed by atoms with Crippen LogP contribution in [0.25, 0.3) is 11.0 Å². The Morgan fingerprint density at radius 2 is 1.46 bits per heavy atom. The quantitative estimate of drug-likeness (QED) is 0.0436. The number of nitrogens with one attached hydrogen (secondary N) is 2. The van der Waals surface area contributed by atoms with Crippen molar-refractivity contribution in [2.24, 2.45) is 5.92 Å². The van der Waals surface area contributed by atoms with Gasteiger partial charge in [-0.2, -0.15) is 4.98 Å². The minimum Gasteiger partial charge on any atom is -0.379 e. The Bertz CT molecular complexity index is 3160. The number of benzene rings is 1. The van der Waals surface area contributed by atoms with Gasteiger partial charge in [0.2, 0.25) is 35.4 Å². The highest BCUT2D eigenvalue weighted by atomic mass is 32.1. The van der Waals surface area contributed by atoms with E-state index in [2.05, 4.69) is 30.5 Å². The molecular weight excluding hydrogens is 1090 g/mol. The van der Waals surface area contributed by atoms with Crippen molar-refractivity contribution in [2.75, 3.05) is 89.6 Å². The van der Waals surface area contributed by atoms with Crippen molar-refractivity contribution in [1.82, 2.24) is 44.5 Å². The predicted octanol–water partition coefficient (Wildman–Crippen LogP) is 7.14. The molecule has 4 fully saturated rings. The van der Waals surface area contributed by atoms with E-state index in [9.17, 15) is 38.0 Å². The lowest BCUT2D eigenvalue weighted by atomic mass is 9.83. The lowest BCUT2D eigenvalue weighted by molar-refractivity contribution is -0.143. The molecule has 9 rings (SSSR count). The van der Waals surface area contributed by atoms with Gasteiger partial charge in [-0.15, -0.1) is 11.3 Å². The van der Waals surface area contributed by atoms with E-state index in [0.717, 1.165) is 69.9 Å². The zero-order valence-electron chi connectivity index (χ0n) is 47.9. The molecule has 23 heteroatoms. The van der Waals surface area contributed by atoms with Crippen LogP contribution < -0.4 is 21.1 Å². The summed E-state index contributed by atoms with van der Waals surface area (Å²) in [7, 11) is 1.57. The lowest BCUT2D eigenvalue weighted by Gasteiger charge is -2.36. The number of pyridine rings is 2. The summed E-state index contributed by atoms with van der Waals surface area (Å²) in [6.45, 7) is 9.27. The largest absolute Gasteiger partial charge is 0.379 e. The molecular formula is C60H76FN11O10S. The number of ether oxygens (including phenoxy) is 3. The molecule has 444 valence electrons. The van der Waals surface area contributed by atoms with Gasteiger partial charge < -0.3 is 44.4 Å². The second-order valence-electron chi connectivity index (χ2n) is 22.0. The Hall–Kier alpha value is -7.08. The first-order valence-electron chi connectivity index (χ1n) is 29.2. The number of fused-ring (bicyclic) bond motifs is 1. The minimum absolute atomic E-state index is 0.0169. The number of aromatic nitrogens is 5. The molecule has 83 heavy (non-hydrogen) atoms. The molecule has 2 saturated heterocycles. The molecule has 4 aromatic heterocycles. The Labute approximate surface area is 486 Å². The second-order valence-corrected chi connectivity index (χ2v) is 22.9. The molecule has 21 nitrogen and oxygen atoms in total. The number of likely N-dealkylation sites (N-methyl/N-ethyl adjacent to an activating group) is 1. The highest BCUT2D eigenvalue weighted by Crippen LogP contribution is 2.37. The maximum Gasteiger partial charge on any atom is 0.263 e. The molecule has 0 bridgehead atoms. The predicted molar refractivity (Wildman–Crippen MR) is 310 cm³/mol. The number of rotatable bonds is 25. The van der Waals surface area contributed by atoms with Gasteiger partial charge in [-0.3, -0.25) is 38.1 Å². The smallest absolute Gasteiger partial charge is 0.263 e. The third-order valence-corrected chi connectivity index (χ3v) is 17.6. The van der Waals surface area contributed by atoms with Crippen LogP contribution in [0.4, 0.5) is 21.8 Å². The van der Waals surface area contributed by atoms with Gasteiger partial charge in [0.05, 0.1) is 76.0 Å². The molecule has 0 unspecified atom stereocenters. The molecule has 0 spiro atoms. The summed E-state index contributed by atoms with van der Waals surface area (Å²) in [6, 6.07) is 7.13. The van der Waals surface area contributed by atoms with Crippen LogP contribution in [0.3, 0.4) is 0 Å². The van der Waals surface area contributed by atoms with Gasteiger partial charge in [0.15, 0.2) is 5.78 Å². The number of piperazine rings is 1. The summed E-state index contributed by atoms with van der Waals surface area (Å²) in [5.74, 6) is -1.11. The van der Waals surface area contributed by atoms with Gasteiger partial charge in [-0.05, 0) is 107 Å². The van der Waals surface area contributed by atoms with E-state index >= 15 is 0 Å². The third-order valence-electron chi connectivity index (χ3n) is 16.6. The van der Waals surface area contributed by atoms with Crippen LogP contribution in [0.2, 0.25) is 0 Å². The maximum absolute atomic E-state index is 14.5. The van der Waals surface area contributed by atoms with E-state index in [0.29, 0.717) is 91.3 Å². The number of Topliss-reactive ketones (excluding diaryl/α,β-unsaturated/α-hetero) is 1. The molecule has 2 N–H and O–H groups in total. The van der Waals surface area contributed by atoms with Gasteiger partial charge in [0.1, 0.15) is 40.1 Å². The van der Waals surface area contributed by atoms with Crippen LogP contribution in [0.1, 0.15) is 146 Å². The van der Waals surface area contributed by atoms with E-state index in [1.165, 1.54) is 47.4 Å². The maximum atomic E-state index is 14.5. The summed E-state index contributed by atoms with van der Waals surface area (Å²) in [5.41, 5.74) is 2.47. The molecule has 4 amide bonds. The Morgan fingerprint density at radius 3 is 2.13 bits per heavy atom. The van der Waals surface area contributed by atoms with Gasteiger partial charge in [0.25, 0.3) is 5.56 Å². The fourth-order valence-corrected chi connectivity index (χ4v) is 12.7. The molecule has 3 atom stereocenters. The lowest BCUT2D eigenvalue weighted by Crippen LogP contribution is -2.56. The van der Waals surface area contributed by atoms with E-state index in [-0.39, 0.29) is 103 Å². The fraction of sp³-hybridized carbons (Fsp3) is 0.550. The highest BCUT2D eigenvalue weighted by Gasteiger charge is 2.41. The number of hydrogen-bond acceptors (Lipinski definition) is 17. The molecule has 1 aromatic carbocycles. The number of aryl methyl sites for hydroxylation is 1. The van der Waals surface area contributed by atoms with Crippen molar-refractivity contribution in [1.29, 1.82) is 0 Å². The first kappa shape index (κ1) is 60.5. The van der Waals surface area contributed by atoms with Crippen molar-refractivity contribution in [2.45, 2.75) is 128 Å². The minimum atomic E-state index is -0.848. The Morgan fingerprint density at radius 1 is 0.783 bits per heavy atom. The van der Waals surface area contributed by atoms with Gasteiger partial charge in [-0.1, -0.05) is 32.1 Å². The number of amides is 4. The zero-order valence-corrected chi connectivity index (χ0v) is 48.8. The van der Waals surface area contributed by atoms with Crippen LogP contribution in [0.15, 0.2) is 59.0 Å². The monoisotopic (exact) mass is 1160 g/mol. The van der Waals surface area contributed by atoms with Crippen molar-refractivity contribution < 1.29 is 47.4 Å². The molecule has 4 aliphatic rings. The number of hydrogen-bond donors (Lipinski definition) is 2. The molecule has 2 aliphatic carbocycles. The average molecular weight is 1160 g/mol. The Balaban J connectivity index is 0.634. The van der Waals surface area contributed by atoms with Crippen molar-refractivity contribution in [3.05, 3.63) is 97.7 Å². The van der Waals surface area contributed by atoms with Crippen molar-refractivity contribution in [3.8, 4) is 0 Å². The van der Waals surface area contributed by atoms with Crippen molar-refractivity contribution >= 4 is 75.0 Å². The second kappa shape index (κ2) is 28.5. The van der Waals surface area contributed by atoms with E-state index in [1.807, 2.05) is 17.0 Å². The summed E-state index contributed by atoms with van der Waals surface area (Å²) in [6.07, 6.45) is 13.5. The van der Waals surface area contributed by atoms with Gasteiger partial charge in [-0.25, -0.2) is 19.3 Å². The van der Waals surface area contributed by atoms with Crippen LogP contribution >= 0.6 is 11.3 Å². The number of carbonyl (C=O) groups excluding carboxylic acids is 6. The van der Waals surface area contributed by atoms with Crippen LogP contribution in [0.5, 0.6) is 0 Å². The average Bonchev–Trinajstić information content (AvgIpc) is 4.54. The summed E-state index contributed by atoms with van der Waals surface area (Å²) < 4.78 is 32.2. The standard InChI is InChI=1S/C60H76FN11O10S/c1-38-46-36-63-60(67-55(46)72(44-13-8-9-14-44)58(78)52(38)40(3)73)65-49-21-20-45(35-62-49)69-25-27-70(28-26-69)51(75)23-30-81-32-34-82-33-31-80-29-22-50(74)68(4)39(2)56(77)66-53(41-11-6-5-7-12-41)59(79)71-24-10-15-48(71)57-64-47(37-83-57)54(76)42-16-18-43(61)19-17-42/h16-21,35-37,39,41,44,48,53H,5-15,22-34H2,1-4H3,(H,66,77)(H,62,63,65,67)/t39-,48-,53-/m0/s1. The number of nitrogens with zero attached hydrogens (tertiary/aromatic N) is 9. The van der Waals surface area contributed by atoms with Crippen LogP contribution in [-0.2, 0) is 33.4 Å². The summed E-state index contributed by atoms with van der Waals surface area (Å²) in [4.78, 5) is 119. The Kier molecular flexibility index (Phi) is 20.8. The van der Waals surface area contributed by atoms with Crippen LogP contribution in [-0.4, -0.2) is 166 Å². The number of thiazole rings is 1. The zero-order chi connectivity index (χ0) is 58.6. The number of likely N-dealkylation sites (tertiary alicyclic amines) is 1. The van der Waals surface area contributed by atoms with E-state index in [1.54, 1.807) is 48.1 Å². The fourth-order valence-electron chi connectivity index (χ4n) is 11.8. The van der Waals surface area contributed by atoms with E-state index < -0.39 is 23.8 Å². The third kappa shape index (κ3) is 14.8. The van der Waals surface area contributed by atoms with Gasteiger partial charge in [0, 0.05) is 68.3 Å². The number of halogens is 1. The topological polar surface area (TPSA) is 241 Å². The van der Waals surface area contributed by atoms with Crippen molar-refractivity contribution in [3.63, 3.8) is 0 Å². The number of ketones is 2. The first-order valence-corrected chi connectivity index (χ1v) is 30.1. The SMILES string of the molecule is CC(=O)c1c(C)c2cnc(Nc3ccc(N4CCN(C(=O)CCOCCOCCOCCC(=O)N(C)[C@@H](C)C(=O)N[C@H](C(=O)N5CCC[C@H]5c5nc(C(=O)c6ccc(F)cc6)cs5)C5CCCCC5)CC4)cn3)nc2n(C2CCCC2)c1=O. The summed E-state index contributed by atoms with van der Waals surface area (Å²) >= 11 is 1.31. The van der Waals surface area contributed by atoms with Gasteiger partial charge >= 0.3 is 0 Å². The number of carbonyl (C=O) groups is 6. The molecule has 2 saturated carbocycles. The molecule has 0 radical (unpaired) electrons. The molecule has 5 aromatic rings. The van der Waals surface area contributed by atoms with E-state index in [4.69, 9.17) is 19.2 Å². The first-order chi connectivity index (χ1) is 40.2. The number of anilines is 3. The normalized spacial score (nSPS) is 17.7.